The Morgan fingerprint density at radius 1 is 1.43 bits per heavy atom. The second-order valence-electron chi connectivity index (χ2n) is 5.11. The van der Waals surface area contributed by atoms with Gasteiger partial charge in [-0.25, -0.2) is 4.98 Å². The Hall–Kier alpha value is -0.870. The molecule has 0 spiro atoms. The van der Waals surface area contributed by atoms with Gasteiger partial charge in [0, 0.05) is 24.1 Å². The number of thioether (sulfide) groups is 1. The third-order valence-electron chi connectivity index (χ3n) is 3.38. The van der Waals surface area contributed by atoms with Crippen molar-refractivity contribution in [1.82, 2.24) is 9.55 Å². The van der Waals surface area contributed by atoms with Crippen molar-refractivity contribution in [1.29, 1.82) is 0 Å². The van der Waals surface area contributed by atoms with E-state index in [9.17, 15) is 0 Å². The molecule has 1 heterocycles. The summed E-state index contributed by atoms with van der Waals surface area (Å²) in [4.78, 5) is 4.80. The molecule has 2 rings (SSSR count). The second-order valence-corrected chi connectivity index (χ2v) is 6.40. The van der Waals surface area contributed by atoms with Crippen LogP contribution in [0.1, 0.15) is 32.1 Å². The lowest BCUT2D eigenvalue weighted by Gasteiger charge is -2.16. The summed E-state index contributed by atoms with van der Waals surface area (Å²) in [7, 11) is 0. The molecule has 0 aliphatic rings. The number of hydrogen-bond acceptors (Lipinski definition) is 3. The van der Waals surface area contributed by atoms with Crippen molar-refractivity contribution in [2.24, 2.45) is 0 Å². The molecule has 21 heavy (non-hydrogen) atoms. The van der Waals surface area contributed by atoms with Crippen molar-refractivity contribution in [2.75, 3.05) is 24.5 Å². The minimum Gasteiger partial charge on any atom is -0.491 e. The summed E-state index contributed by atoms with van der Waals surface area (Å²) in [5, 5.41) is 0. The number of para-hydroxylation sites is 1. The highest BCUT2D eigenvalue weighted by Crippen LogP contribution is 2.30. The molecule has 5 heteroatoms. The minimum absolute atomic E-state index is 0.393. The van der Waals surface area contributed by atoms with Crippen LogP contribution in [0.5, 0.6) is 5.75 Å². The van der Waals surface area contributed by atoms with E-state index in [2.05, 4.69) is 30.7 Å². The van der Waals surface area contributed by atoms with Gasteiger partial charge in [-0.2, -0.15) is 11.8 Å². The summed E-state index contributed by atoms with van der Waals surface area (Å²) in [5.41, 5.74) is 2.10. The predicted octanol–water partition coefficient (Wildman–Crippen LogP) is 4.53. The molecule has 0 saturated carbocycles. The molecular formula is C16H23ClN2OS. The predicted molar refractivity (Wildman–Crippen MR) is 93.0 cm³/mol. The maximum Gasteiger partial charge on any atom is 0.147 e. The first-order valence-corrected chi connectivity index (χ1v) is 9.33. The Bertz CT molecular complexity index is 585. The maximum atomic E-state index is 5.95. The van der Waals surface area contributed by atoms with Crippen LogP contribution in [0, 0.1) is 0 Å². The lowest BCUT2D eigenvalue weighted by atomic mass is 10.2. The van der Waals surface area contributed by atoms with Crippen LogP contribution >= 0.6 is 23.4 Å². The Balaban J connectivity index is 2.50. The fourth-order valence-electron chi connectivity index (χ4n) is 2.54. The van der Waals surface area contributed by atoms with Gasteiger partial charge in [0.05, 0.1) is 12.1 Å². The molecule has 0 bridgehead atoms. The van der Waals surface area contributed by atoms with Crippen molar-refractivity contribution in [3.63, 3.8) is 0 Å². The average molecular weight is 327 g/mol. The van der Waals surface area contributed by atoms with Crippen molar-refractivity contribution < 1.29 is 4.74 Å². The van der Waals surface area contributed by atoms with Gasteiger partial charge in [-0.1, -0.05) is 13.0 Å². The zero-order valence-corrected chi connectivity index (χ0v) is 14.5. The third-order valence-corrected chi connectivity index (χ3v) is 4.39. The van der Waals surface area contributed by atoms with Gasteiger partial charge in [-0.05, 0) is 31.7 Å². The SMILES string of the molecule is CCCOc1cccc2c1nc(CCCl)n2C(C)CSC. The summed E-state index contributed by atoms with van der Waals surface area (Å²) >= 11 is 7.80. The third kappa shape index (κ3) is 3.67. The number of ether oxygens (including phenoxy) is 1. The summed E-state index contributed by atoms with van der Waals surface area (Å²) in [6, 6.07) is 6.56. The number of aromatic nitrogens is 2. The van der Waals surface area contributed by atoms with Gasteiger partial charge in [0.15, 0.2) is 0 Å². The number of fused-ring (bicyclic) bond motifs is 1. The number of nitrogens with zero attached hydrogens (tertiary/aromatic N) is 2. The molecule has 0 amide bonds. The van der Waals surface area contributed by atoms with Crippen LogP contribution in [0.4, 0.5) is 0 Å². The molecule has 1 aromatic carbocycles. The van der Waals surface area contributed by atoms with E-state index in [1.165, 1.54) is 0 Å². The number of alkyl halides is 1. The van der Waals surface area contributed by atoms with Crippen LogP contribution in [-0.4, -0.2) is 34.0 Å². The molecule has 3 nitrogen and oxygen atoms in total. The Labute approximate surface area is 136 Å². The molecule has 0 aliphatic carbocycles. The zero-order chi connectivity index (χ0) is 15.2. The number of benzene rings is 1. The van der Waals surface area contributed by atoms with Gasteiger partial charge >= 0.3 is 0 Å². The molecule has 1 aromatic heterocycles. The van der Waals surface area contributed by atoms with Crippen LogP contribution in [0.25, 0.3) is 11.0 Å². The van der Waals surface area contributed by atoms with Crippen molar-refractivity contribution in [3.05, 3.63) is 24.0 Å². The van der Waals surface area contributed by atoms with Crippen LogP contribution in [0.2, 0.25) is 0 Å². The molecule has 2 aromatic rings. The van der Waals surface area contributed by atoms with Crippen LogP contribution < -0.4 is 4.74 Å². The van der Waals surface area contributed by atoms with Gasteiger partial charge < -0.3 is 9.30 Å². The molecule has 116 valence electrons. The quantitative estimate of drug-likeness (QED) is 0.667. The molecule has 1 atom stereocenters. The summed E-state index contributed by atoms with van der Waals surface area (Å²) in [6.07, 6.45) is 3.91. The molecule has 0 N–H and O–H groups in total. The topological polar surface area (TPSA) is 27.1 Å². The number of imidazole rings is 1. The average Bonchev–Trinajstić information content (AvgIpc) is 2.84. The van der Waals surface area contributed by atoms with Gasteiger partial charge in [0.25, 0.3) is 0 Å². The second kappa shape index (κ2) is 7.95. The van der Waals surface area contributed by atoms with Gasteiger partial charge in [0.2, 0.25) is 0 Å². The lowest BCUT2D eigenvalue weighted by molar-refractivity contribution is 0.320. The number of rotatable bonds is 8. The van der Waals surface area contributed by atoms with E-state index in [0.717, 1.165) is 47.8 Å². The van der Waals surface area contributed by atoms with E-state index < -0.39 is 0 Å². The maximum absolute atomic E-state index is 5.95. The smallest absolute Gasteiger partial charge is 0.147 e. The molecule has 0 aliphatic heterocycles. The molecule has 1 unspecified atom stereocenters. The zero-order valence-electron chi connectivity index (χ0n) is 12.9. The first-order chi connectivity index (χ1) is 10.2. The Kier molecular flexibility index (Phi) is 6.24. The highest BCUT2D eigenvalue weighted by Gasteiger charge is 2.17. The van der Waals surface area contributed by atoms with Gasteiger partial charge in [0.1, 0.15) is 17.1 Å². The van der Waals surface area contributed by atoms with Gasteiger partial charge in [-0.15, -0.1) is 11.6 Å². The fourth-order valence-corrected chi connectivity index (χ4v) is 3.34. The first-order valence-electron chi connectivity index (χ1n) is 7.40. The Morgan fingerprint density at radius 3 is 2.90 bits per heavy atom. The molecule has 0 fully saturated rings. The van der Waals surface area contributed by atoms with E-state index in [-0.39, 0.29) is 0 Å². The summed E-state index contributed by atoms with van der Waals surface area (Å²) < 4.78 is 8.15. The summed E-state index contributed by atoms with van der Waals surface area (Å²) in [6.45, 7) is 5.06. The van der Waals surface area contributed by atoms with E-state index in [1.54, 1.807) is 0 Å². The van der Waals surface area contributed by atoms with Crippen LogP contribution in [-0.2, 0) is 6.42 Å². The monoisotopic (exact) mass is 326 g/mol. The minimum atomic E-state index is 0.393. The first kappa shape index (κ1) is 16.5. The van der Waals surface area contributed by atoms with Crippen molar-refractivity contribution in [2.45, 2.75) is 32.7 Å². The van der Waals surface area contributed by atoms with E-state index >= 15 is 0 Å². The Morgan fingerprint density at radius 2 is 2.24 bits per heavy atom. The van der Waals surface area contributed by atoms with Crippen LogP contribution in [0.15, 0.2) is 18.2 Å². The van der Waals surface area contributed by atoms with E-state index in [1.807, 2.05) is 23.9 Å². The van der Waals surface area contributed by atoms with Crippen LogP contribution in [0.3, 0.4) is 0 Å². The highest BCUT2D eigenvalue weighted by molar-refractivity contribution is 7.98. The lowest BCUT2D eigenvalue weighted by Crippen LogP contribution is -2.12. The molecule has 0 saturated heterocycles. The summed E-state index contributed by atoms with van der Waals surface area (Å²) in [5.74, 6) is 3.57. The molecular weight excluding hydrogens is 304 g/mol. The van der Waals surface area contributed by atoms with Gasteiger partial charge in [-0.3, -0.25) is 0 Å². The molecule has 0 radical (unpaired) electrons. The largest absolute Gasteiger partial charge is 0.491 e. The highest BCUT2D eigenvalue weighted by atomic mass is 35.5. The normalized spacial score (nSPS) is 12.8. The number of aryl methyl sites for hydroxylation is 1. The van der Waals surface area contributed by atoms with E-state index in [0.29, 0.717) is 11.9 Å². The fraction of sp³-hybridized carbons (Fsp3) is 0.562. The van der Waals surface area contributed by atoms with Crippen molar-refractivity contribution >= 4 is 34.4 Å². The number of halogens is 1. The van der Waals surface area contributed by atoms with E-state index in [4.69, 9.17) is 21.3 Å². The van der Waals surface area contributed by atoms with Crippen molar-refractivity contribution in [3.8, 4) is 5.75 Å². The standard InChI is InChI=1S/C16H23ClN2OS/c1-4-10-20-14-7-5-6-13-16(14)18-15(8-9-17)19(13)12(2)11-21-3/h5-7,12H,4,8-11H2,1-3H3. The number of hydrogen-bond donors (Lipinski definition) is 0.